The van der Waals surface area contributed by atoms with E-state index in [-0.39, 0.29) is 11.5 Å². The average Bonchev–Trinajstić information content (AvgIpc) is 3.09. The number of aliphatic carboxylic acids is 1. The number of hydrogen-bond acceptors (Lipinski definition) is 3. The van der Waals surface area contributed by atoms with Gasteiger partial charge in [-0.3, -0.25) is 9.59 Å². The van der Waals surface area contributed by atoms with Gasteiger partial charge in [-0.2, -0.15) is 0 Å². The Bertz CT molecular complexity index is 854. The fourth-order valence-corrected chi connectivity index (χ4v) is 2.35. The van der Waals surface area contributed by atoms with Gasteiger partial charge in [-0.15, -0.1) is 0 Å². The standard InChI is InChI=1S/C16H12FN3O4/c17-10-3-5-11(6-4-10)19-7-1-2-12(19)8-13-15(23)20(9-14(21)22)16(24)18-13/h1-8H,9H2,(H,18,24)(H,21,22)/b13-8+. The summed E-state index contributed by atoms with van der Waals surface area (Å²) in [7, 11) is 0. The maximum absolute atomic E-state index is 13.0. The molecule has 1 aromatic carbocycles. The van der Waals surface area contributed by atoms with Crippen molar-refractivity contribution in [2.24, 2.45) is 0 Å². The van der Waals surface area contributed by atoms with E-state index in [9.17, 15) is 18.8 Å². The maximum Gasteiger partial charge on any atom is 0.329 e. The van der Waals surface area contributed by atoms with Crippen LogP contribution in [0.4, 0.5) is 9.18 Å². The fourth-order valence-electron chi connectivity index (χ4n) is 2.35. The minimum atomic E-state index is -1.28. The molecule has 0 aliphatic carbocycles. The minimum absolute atomic E-state index is 0.0247. The van der Waals surface area contributed by atoms with Crippen molar-refractivity contribution in [3.8, 4) is 5.69 Å². The van der Waals surface area contributed by atoms with Gasteiger partial charge in [-0.05, 0) is 42.5 Å². The second kappa shape index (κ2) is 5.99. The first-order valence-electron chi connectivity index (χ1n) is 6.95. The number of urea groups is 1. The predicted octanol–water partition coefficient (Wildman–Crippen LogP) is 1.59. The van der Waals surface area contributed by atoms with E-state index in [1.54, 1.807) is 35.0 Å². The number of hydrogen-bond donors (Lipinski definition) is 2. The Balaban J connectivity index is 1.92. The van der Waals surface area contributed by atoms with Gasteiger partial charge in [0.05, 0.1) is 0 Å². The number of rotatable bonds is 4. The summed E-state index contributed by atoms with van der Waals surface area (Å²) in [6.45, 7) is -0.707. The third kappa shape index (κ3) is 2.89. The van der Waals surface area contributed by atoms with E-state index in [0.29, 0.717) is 16.3 Å². The van der Waals surface area contributed by atoms with Crippen LogP contribution in [0.15, 0.2) is 48.3 Å². The molecular weight excluding hydrogens is 317 g/mol. The summed E-state index contributed by atoms with van der Waals surface area (Å²) in [6.07, 6.45) is 3.15. The lowest BCUT2D eigenvalue weighted by Crippen LogP contribution is -2.35. The van der Waals surface area contributed by atoms with Gasteiger partial charge in [0.2, 0.25) is 0 Å². The summed E-state index contributed by atoms with van der Waals surface area (Å²) < 4.78 is 14.7. The molecule has 1 aromatic heterocycles. The Hall–Kier alpha value is -3.42. The van der Waals surface area contributed by atoms with Crippen molar-refractivity contribution in [1.29, 1.82) is 0 Å². The Morgan fingerprint density at radius 3 is 2.58 bits per heavy atom. The van der Waals surface area contributed by atoms with E-state index in [1.165, 1.54) is 18.2 Å². The van der Waals surface area contributed by atoms with Gasteiger partial charge in [-0.25, -0.2) is 14.1 Å². The predicted molar refractivity (Wildman–Crippen MR) is 81.6 cm³/mol. The lowest BCUT2D eigenvalue weighted by atomic mass is 10.2. The van der Waals surface area contributed by atoms with Crippen LogP contribution < -0.4 is 5.32 Å². The summed E-state index contributed by atoms with van der Waals surface area (Å²) in [5, 5.41) is 11.1. The second-order valence-corrected chi connectivity index (χ2v) is 5.05. The Kier molecular flexibility index (Phi) is 3.87. The Labute approximate surface area is 135 Å². The van der Waals surface area contributed by atoms with Crippen LogP contribution in [0.1, 0.15) is 5.69 Å². The summed E-state index contributed by atoms with van der Waals surface area (Å²) in [6, 6.07) is 8.41. The van der Waals surface area contributed by atoms with Crippen molar-refractivity contribution in [3.63, 3.8) is 0 Å². The van der Waals surface area contributed by atoms with Gasteiger partial charge in [0.1, 0.15) is 18.1 Å². The lowest BCUT2D eigenvalue weighted by molar-refractivity contribution is -0.140. The zero-order chi connectivity index (χ0) is 17.3. The quantitative estimate of drug-likeness (QED) is 0.658. The highest BCUT2D eigenvalue weighted by Crippen LogP contribution is 2.18. The molecule has 0 bridgehead atoms. The van der Waals surface area contributed by atoms with E-state index >= 15 is 0 Å². The lowest BCUT2D eigenvalue weighted by Gasteiger charge is -2.08. The first-order chi connectivity index (χ1) is 11.5. The molecule has 0 radical (unpaired) electrons. The summed E-state index contributed by atoms with van der Waals surface area (Å²) in [5.74, 6) is -2.36. The summed E-state index contributed by atoms with van der Waals surface area (Å²) in [5.41, 5.74) is 1.22. The molecule has 3 rings (SSSR count). The van der Waals surface area contributed by atoms with Crippen molar-refractivity contribution in [2.45, 2.75) is 0 Å². The van der Waals surface area contributed by atoms with Crippen LogP contribution in [0.25, 0.3) is 11.8 Å². The number of carboxylic acid groups (broad SMARTS) is 1. The van der Waals surface area contributed by atoms with E-state index in [0.717, 1.165) is 0 Å². The second-order valence-electron chi connectivity index (χ2n) is 5.05. The van der Waals surface area contributed by atoms with Crippen LogP contribution in [0.2, 0.25) is 0 Å². The molecule has 0 spiro atoms. The number of nitrogens with one attached hydrogen (secondary N) is 1. The van der Waals surface area contributed by atoms with Crippen LogP contribution in [-0.4, -0.2) is 39.0 Å². The third-order valence-electron chi connectivity index (χ3n) is 3.43. The largest absolute Gasteiger partial charge is 0.480 e. The van der Waals surface area contributed by atoms with Gasteiger partial charge in [0, 0.05) is 17.6 Å². The van der Waals surface area contributed by atoms with E-state index in [1.807, 2.05) is 0 Å². The van der Waals surface area contributed by atoms with Gasteiger partial charge in [0.25, 0.3) is 5.91 Å². The van der Waals surface area contributed by atoms with E-state index in [2.05, 4.69) is 5.32 Å². The highest BCUT2D eigenvalue weighted by atomic mass is 19.1. The van der Waals surface area contributed by atoms with Crippen LogP contribution >= 0.6 is 0 Å². The number of carbonyl (C=O) groups excluding carboxylic acids is 2. The molecule has 0 atom stereocenters. The molecule has 2 aromatic rings. The summed E-state index contributed by atoms with van der Waals surface area (Å²) >= 11 is 0. The maximum atomic E-state index is 13.0. The Morgan fingerprint density at radius 1 is 1.21 bits per heavy atom. The number of halogens is 1. The number of benzene rings is 1. The smallest absolute Gasteiger partial charge is 0.329 e. The van der Waals surface area contributed by atoms with Crippen molar-refractivity contribution < 1.29 is 23.9 Å². The SMILES string of the molecule is O=C(O)CN1C(=O)N/C(=C/c2cccn2-c2ccc(F)cc2)C1=O. The van der Waals surface area contributed by atoms with Crippen molar-refractivity contribution in [1.82, 2.24) is 14.8 Å². The molecule has 7 nitrogen and oxygen atoms in total. The highest BCUT2D eigenvalue weighted by Gasteiger charge is 2.35. The van der Waals surface area contributed by atoms with Crippen molar-refractivity contribution in [3.05, 3.63) is 59.8 Å². The monoisotopic (exact) mass is 329 g/mol. The zero-order valence-electron chi connectivity index (χ0n) is 12.3. The molecule has 1 fully saturated rings. The fraction of sp³-hybridized carbons (Fsp3) is 0.0625. The number of nitrogens with zero attached hydrogens (tertiary/aromatic N) is 2. The molecule has 122 valence electrons. The van der Waals surface area contributed by atoms with Gasteiger partial charge < -0.3 is 15.0 Å². The minimum Gasteiger partial charge on any atom is -0.480 e. The molecule has 3 amide bonds. The molecular formula is C16H12FN3O4. The average molecular weight is 329 g/mol. The molecule has 1 aliphatic rings. The van der Waals surface area contributed by atoms with Crippen LogP contribution in [0.3, 0.4) is 0 Å². The normalized spacial score (nSPS) is 15.9. The topological polar surface area (TPSA) is 91.6 Å². The third-order valence-corrected chi connectivity index (χ3v) is 3.43. The molecule has 1 saturated heterocycles. The highest BCUT2D eigenvalue weighted by molar-refractivity contribution is 6.15. The van der Waals surface area contributed by atoms with Crippen LogP contribution in [0, 0.1) is 5.82 Å². The Morgan fingerprint density at radius 2 is 1.92 bits per heavy atom. The molecule has 24 heavy (non-hydrogen) atoms. The molecule has 0 unspecified atom stereocenters. The molecule has 0 saturated carbocycles. The summed E-state index contributed by atoms with van der Waals surface area (Å²) in [4.78, 5) is 35.1. The molecule has 1 aliphatic heterocycles. The van der Waals surface area contributed by atoms with Crippen molar-refractivity contribution >= 4 is 24.0 Å². The van der Waals surface area contributed by atoms with Crippen LogP contribution in [0.5, 0.6) is 0 Å². The number of carbonyl (C=O) groups is 3. The first-order valence-corrected chi connectivity index (χ1v) is 6.95. The van der Waals surface area contributed by atoms with Gasteiger partial charge in [-0.1, -0.05) is 0 Å². The van der Waals surface area contributed by atoms with E-state index in [4.69, 9.17) is 5.11 Å². The number of imide groups is 1. The zero-order valence-corrected chi connectivity index (χ0v) is 12.3. The first kappa shape index (κ1) is 15.5. The van der Waals surface area contributed by atoms with E-state index < -0.39 is 24.5 Å². The molecule has 2 heterocycles. The van der Waals surface area contributed by atoms with Gasteiger partial charge >= 0.3 is 12.0 Å². The number of aromatic nitrogens is 1. The number of carboxylic acids is 1. The molecule has 8 heteroatoms. The molecule has 2 N–H and O–H groups in total. The van der Waals surface area contributed by atoms with Crippen LogP contribution in [-0.2, 0) is 9.59 Å². The van der Waals surface area contributed by atoms with Crippen molar-refractivity contribution in [2.75, 3.05) is 6.54 Å². The number of amides is 3. The van der Waals surface area contributed by atoms with Gasteiger partial charge in [0.15, 0.2) is 0 Å².